The topological polar surface area (TPSA) is 86.4 Å². The van der Waals surface area contributed by atoms with Gasteiger partial charge in [-0.05, 0) is 86.2 Å². The average Bonchev–Trinajstić information content (AvgIpc) is 3.35. The van der Waals surface area contributed by atoms with Gasteiger partial charge >= 0.3 is 0 Å². The first kappa shape index (κ1) is 27.3. The normalized spacial score (nSPS) is 16.8. The van der Waals surface area contributed by atoms with E-state index in [0.717, 1.165) is 86.3 Å². The largest absolute Gasteiger partial charge is 0.381 e. The SMILES string of the molecule is CN1CCN(c2ccc(C(=O)Nc3n[nH]c4ccc(Cc5cc(F)cc(F)c5)cc34)c(CC3CCOCC3)n2)CC1. The number of likely N-dealkylation sites (N-methyl/N-ethyl adjacent to an activating group) is 1. The molecule has 2 N–H and O–H groups in total. The zero-order chi connectivity index (χ0) is 28.3. The van der Waals surface area contributed by atoms with E-state index in [1.54, 1.807) is 0 Å². The van der Waals surface area contributed by atoms with E-state index < -0.39 is 11.6 Å². The van der Waals surface area contributed by atoms with Crippen LogP contribution in [-0.4, -0.2) is 72.4 Å². The third-order valence-electron chi connectivity index (χ3n) is 8.04. The number of nitrogens with one attached hydrogen (secondary N) is 2. The van der Waals surface area contributed by atoms with E-state index in [4.69, 9.17) is 9.72 Å². The molecule has 1 amide bonds. The van der Waals surface area contributed by atoms with Crippen LogP contribution in [0.5, 0.6) is 0 Å². The number of aromatic nitrogens is 3. The summed E-state index contributed by atoms with van der Waals surface area (Å²) in [5, 5.41) is 11.0. The minimum atomic E-state index is -0.610. The van der Waals surface area contributed by atoms with Crippen molar-refractivity contribution >= 4 is 28.4 Å². The number of halogens is 2. The lowest BCUT2D eigenvalue weighted by Gasteiger charge is -2.33. The number of aromatic amines is 1. The lowest BCUT2D eigenvalue weighted by Crippen LogP contribution is -2.45. The second kappa shape index (κ2) is 11.9. The molecular weight excluding hydrogens is 526 g/mol. The predicted molar refractivity (Wildman–Crippen MR) is 154 cm³/mol. The van der Waals surface area contributed by atoms with Crippen molar-refractivity contribution in [3.8, 4) is 0 Å². The number of benzene rings is 2. The van der Waals surface area contributed by atoms with Crippen molar-refractivity contribution in [2.75, 3.05) is 56.7 Å². The van der Waals surface area contributed by atoms with Gasteiger partial charge in [-0.2, -0.15) is 5.10 Å². The summed E-state index contributed by atoms with van der Waals surface area (Å²) in [4.78, 5) is 23.3. The van der Waals surface area contributed by atoms with Crippen LogP contribution in [0, 0.1) is 17.6 Å². The fourth-order valence-corrected chi connectivity index (χ4v) is 5.68. The van der Waals surface area contributed by atoms with Crippen LogP contribution in [0.15, 0.2) is 48.5 Å². The number of rotatable bonds is 7. The average molecular weight is 561 g/mol. The van der Waals surface area contributed by atoms with Crippen LogP contribution in [0.4, 0.5) is 20.4 Å². The number of anilines is 2. The fraction of sp³-hybridized carbons (Fsp3) is 0.387. The van der Waals surface area contributed by atoms with Crippen LogP contribution >= 0.6 is 0 Å². The number of pyridine rings is 1. The van der Waals surface area contributed by atoms with E-state index in [9.17, 15) is 13.6 Å². The van der Waals surface area contributed by atoms with Crippen molar-refractivity contribution in [3.05, 3.63) is 82.5 Å². The summed E-state index contributed by atoms with van der Waals surface area (Å²) in [7, 11) is 2.12. The van der Waals surface area contributed by atoms with Crippen molar-refractivity contribution in [2.45, 2.75) is 25.7 Å². The Morgan fingerprint density at radius 3 is 2.51 bits per heavy atom. The molecule has 8 nitrogen and oxygen atoms in total. The highest BCUT2D eigenvalue weighted by molar-refractivity contribution is 6.08. The van der Waals surface area contributed by atoms with Crippen molar-refractivity contribution in [1.82, 2.24) is 20.1 Å². The number of carbonyl (C=O) groups excluding carboxylic acids is 1. The summed E-state index contributed by atoms with van der Waals surface area (Å²) in [5.74, 6) is 0.225. The highest BCUT2D eigenvalue weighted by Gasteiger charge is 2.23. The van der Waals surface area contributed by atoms with Crippen LogP contribution in [-0.2, 0) is 17.6 Å². The molecule has 4 aromatic rings. The highest BCUT2D eigenvalue weighted by atomic mass is 19.1. The van der Waals surface area contributed by atoms with Gasteiger partial charge in [0.25, 0.3) is 5.91 Å². The Bertz CT molecular complexity index is 1520. The molecule has 0 saturated carbocycles. The van der Waals surface area contributed by atoms with Gasteiger partial charge in [0.1, 0.15) is 17.5 Å². The van der Waals surface area contributed by atoms with Gasteiger partial charge in [-0.1, -0.05) is 6.07 Å². The van der Waals surface area contributed by atoms with Crippen molar-refractivity contribution in [1.29, 1.82) is 0 Å². The Balaban J connectivity index is 1.25. The van der Waals surface area contributed by atoms with Crippen LogP contribution in [0.2, 0.25) is 0 Å². The number of hydrogen-bond acceptors (Lipinski definition) is 6. The molecule has 2 aromatic carbocycles. The van der Waals surface area contributed by atoms with Gasteiger partial charge in [0.2, 0.25) is 0 Å². The zero-order valence-electron chi connectivity index (χ0n) is 23.1. The summed E-state index contributed by atoms with van der Waals surface area (Å²) >= 11 is 0. The van der Waals surface area contributed by atoms with Crippen molar-refractivity contribution in [2.24, 2.45) is 5.92 Å². The molecule has 0 bridgehead atoms. The van der Waals surface area contributed by atoms with Crippen molar-refractivity contribution < 1.29 is 18.3 Å². The van der Waals surface area contributed by atoms with Gasteiger partial charge in [0.15, 0.2) is 5.82 Å². The summed E-state index contributed by atoms with van der Waals surface area (Å²) < 4.78 is 33.0. The van der Waals surface area contributed by atoms with E-state index in [2.05, 4.69) is 32.4 Å². The maximum Gasteiger partial charge on any atom is 0.258 e. The third-order valence-corrected chi connectivity index (χ3v) is 8.04. The number of H-pyrrole nitrogens is 1. The molecule has 4 heterocycles. The summed E-state index contributed by atoms with van der Waals surface area (Å²) in [5.41, 5.74) is 3.45. The molecule has 214 valence electrons. The number of carbonyl (C=O) groups is 1. The molecule has 2 fully saturated rings. The lowest BCUT2D eigenvalue weighted by molar-refractivity contribution is 0.0662. The lowest BCUT2D eigenvalue weighted by atomic mass is 9.92. The van der Waals surface area contributed by atoms with Crippen molar-refractivity contribution in [3.63, 3.8) is 0 Å². The molecule has 41 heavy (non-hydrogen) atoms. The Kier molecular flexibility index (Phi) is 7.93. The molecule has 0 aliphatic carbocycles. The molecule has 0 radical (unpaired) electrons. The molecule has 0 atom stereocenters. The zero-order valence-corrected chi connectivity index (χ0v) is 23.1. The van der Waals surface area contributed by atoms with Crippen LogP contribution in [0.25, 0.3) is 10.9 Å². The molecule has 2 aliphatic heterocycles. The van der Waals surface area contributed by atoms with Gasteiger partial charge < -0.3 is 19.9 Å². The number of amides is 1. The standard InChI is InChI=1S/C31H34F2N6O2/c1-38-8-10-39(11-9-38)29-5-3-25(28(34-29)18-20-6-12-41-13-7-20)31(40)35-30-26-17-21(2-4-27(26)36-37-30)14-22-15-23(32)19-24(33)16-22/h2-5,15-17,19-20H,6-14,18H2,1H3,(H2,35,36,37,40). The van der Waals surface area contributed by atoms with Crippen LogP contribution in [0.1, 0.15) is 40.0 Å². The Morgan fingerprint density at radius 2 is 1.76 bits per heavy atom. The maximum atomic E-state index is 13.7. The van der Waals surface area contributed by atoms with E-state index in [0.29, 0.717) is 35.7 Å². The summed E-state index contributed by atoms with van der Waals surface area (Å²) in [6.45, 7) is 5.21. The molecule has 2 aliphatic rings. The summed E-state index contributed by atoms with van der Waals surface area (Å²) in [6.07, 6.45) is 2.95. The van der Waals surface area contributed by atoms with E-state index in [1.165, 1.54) is 12.1 Å². The Hall–Kier alpha value is -3.89. The fourth-order valence-electron chi connectivity index (χ4n) is 5.68. The second-order valence-electron chi connectivity index (χ2n) is 11.1. The first-order chi connectivity index (χ1) is 19.9. The minimum absolute atomic E-state index is 0.268. The molecule has 0 spiro atoms. The second-order valence-corrected chi connectivity index (χ2v) is 11.1. The first-order valence-corrected chi connectivity index (χ1v) is 14.2. The first-order valence-electron chi connectivity index (χ1n) is 14.2. The number of hydrogen-bond donors (Lipinski definition) is 2. The summed E-state index contributed by atoms with van der Waals surface area (Å²) in [6, 6.07) is 12.9. The quantitative estimate of drug-likeness (QED) is 0.338. The third kappa shape index (κ3) is 6.39. The highest BCUT2D eigenvalue weighted by Crippen LogP contribution is 2.27. The Labute approximate surface area is 237 Å². The van der Waals surface area contributed by atoms with Gasteiger partial charge in [-0.15, -0.1) is 0 Å². The number of nitrogens with zero attached hydrogens (tertiary/aromatic N) is 4. The van der Waals surface area contributed by atoms with Gasteiger partial charge in [-0.25, -0.2) is 13.8 Å². The number of piperazine rings is 1. The Morgan fingerprint density at radius 1 is 1.00 bits per heavy atom. The molecule has 10 heteroatoms. The minimum Gasteiger partial charge on any atom is -0.381 e. The smallest absolute Gasteiger partial charge is 0.258 e. The number of fused-ring (bicyclic) bond motifs is 1. The van der Waals surface area contributed by atoms with Gasteiger partial charge in [0.05, 0.1) is 16.8 Å². The molecule has 2 saturated heterocycles. The maximum absolute atomic E-state index is 13.7. The predicted octanol–water partition coefficient (Wildman–Crippen LogP) is 4.80. The van der Waals surface area contributed by atoms with E-state index >= 15 is 0 Å². The van der Waals surface area contributed by atoms with E-state index in [-0.39, 0.29) is 5.91 Å². The monoisotopic (exact) mass is 560 g/mol. The molecule has 2 aromatic heterocycles. The number of ether oxygens (including phenoxy) is 1. The molecule has 0 unspecified atom stereocenters. The molecular formula is C31H34F2N6O2. The van der Waals surface area contributed by atoms with Gasteiger partial charge in [0, 0.05) is 50.8 Å². The van der Waals surface area contributed by atoms with Gasteiger partial charge in [-0.3, -0.25) is 9.89 Å². The van der Waals surface area contributed by atoms with Crippen LogP contribution < -0.4 is 10.2 Å². The molecule has 6 rings (SSSR count). The van der Waals surface area contributed by atoms with E-state index in [1.807, 2.05) is 30.3 Å². The van der Waals surface area contributed by atoms with Crippen LogP contribution in [0.3, 0.4) is 0 Å².